The predicted octanol–water partition coefficient (Wildman–Crippen LogP) is 2.75. The van der Waals surface area contributed by atoms with Crippen molar-refractivity contribution in [3.63, 3.8) is 0 Å². The molecule has 6 heteroatoms. The van der Waals surface area contributed by atoms with Gasteiger partial charge in [0.05, 0.1) is 11.7 Å². The first kappa shape index (κ1) is 15.3. The van der Waals surface area contributed by atoms with Gasteiger partial charge in [-0.1, -0.05) is 18.2 Å². The molecular weight excluding hydrogens is 269 g/mol. The number of nitrogens with one attached hydrogen (secondary N) is 2. The van der Waals surface area contributed by atoms with E-state index < -0.39 is 23.8 Å². The molecule has 3 nitrogen and oxygen atoms in total. The highest BCUT2D eigenvalue weighted by molar-refractivity contribution is 5.29. The van der Waals surface area contributed by atoms with E-state index in [0.717, 1.165) is 12.6 Å². The number of benzene rings is 1. The highest BCUT2D eigenvalue weighted by Crippen LogP contribution is 2.27. The molecule has 1 saturated heterocycles. The van der Waals surface area contributed by atoms with Gasteiger partial charge in [-0.05, 0) is 13.8 Å². The van der Waals surface area contributed by atoms with Gasteiger partial charge in [-0.25, -0.2) is 13.2 Å². The number of morpholine rings is 1. The van der Waals surface area contributed by atoms with Crippen molar-refractivity contribution >= 4 is 0 Å². The van der Waals surface area contributed by atoms with Crippen LogP contribution in [0.15, 0.2) is 18.2 Å². The van der Waals surface area contributed by atoms with Crippen LogP contribution in [0.4, 0.5) is 13.2 Å². The molecule has 0 bridgehead atoms. The third kappa shape index (κ3) is 3.50. The Hall–Kier alpha value is -1.11. The van der Waals surface area contributed by atoms with Crippen LogP contribution < -0.4 is 10.6 Å². The molecule has 0 saturated carbocycles. The molecule has 0 amide bonds. The third-order valence-electron chi connectivity index (χ3n) is 3.35. The first-order chi connectivity index (χ1) is 9.49. The van der Waals surface area contributed by atoms with Crippen LogP contribution >= 0.6 is 0 Å². The molecule has 1 fully saturated rings. The standard InChI is InChI=1S/C14H19F3N2O/c1-8-6-18-7-12(20-8)19-9(2)10-4-3-5-11(13(10)15)14(16)17/h3-5,8-9,12,14,18-19H,6-7H2,1-2H3. The Bertz CT molecular complexity index is 456. The monoisotopic (exact) mass is 288 g/mol. The topological polar surface area (TPSA) is 33.3 Å². The lowest BCUT2D eigenvalue weighted by Gasteiger charge is -2.31. The second-order valence-electron chi connectivity index (χ2n) is 5.03. The van der Waals surface area contributed by atoms with Crippen LogP contribution in [0, 0.1) is 5.82 Å². The molecule has 2 N–H and O–H groups in total. The summed E-state index contributed by atoms with van der Waals surface area (Å²) in [6.45, 7) is 5.03. The van der Waals surface area contributed by atoms with Crippen LogP contribution in [0.25, 0.3) is 0 Å². The lowest BCUT2D eigenvalue weighted by Crippen LogP contribution is -2.50. The number of hydrogen-bond donors (Lipinski definition) is 2. The Morgan fingerprint density at radius 1 is 1.30 bits per heavy atom. The van der Waals surface area contributed by atoms with Crippen molar-refractivity contribution in [2.75, 3.05) is 13.1 Å². The zero-order chi connectivity index (χ0) is 14.7. The molecule has 0 spiro atoms. The van der Waals surface area contributed by atoms with Gasteiger partial charge in [0.25, 0.3) is 6.43 Å². The fourth-order valence-corrected chi connectivity index (χ4v) is 2.33. The summed E-state index contributed by atoms with van der Waals surface area (Å²) in [5, 5.41) is 6.29. The van der Waals surface area contributed by atoms with Gasteiger partial charge in [0.1, 0.15) is 12.0 Å². The van der Waals surface area contributed by atoms with E-state index >= 15 is 0 Å². The summed E-state index contributed by atoms with van der Waals surface area (Å²) in [7, 11) is 0. The van der Waals surface area contributed by atoms with Crippen molar-refractivity contribution in [2.24, 2.45) is 0 Å². The Kier molecular flexibility index (Phi) is 5.01. The summed E-state index contributed by atoms with van der Waals surface area (Å²) in [6, 6.07) is 3.65. The molecule has 1 aliphatic heterocycles. The van der Waals surface area contributed by atoms with Gasteiger partial charge in [0.15, 0.2) is 0 Å². The fourth-order valence-electron chi connectivity index (χ4n) is 2.33. The van der Waals surface area contributed by atoms with Gasteiger partial charge in [0, 0.05) is 24.7 Å². The maximum Gasteiger partial charge on any atom is 0.266 e. The van der Waals surface area contributed by atoms with Crippen molar-refractivity contribution in [2.45, 2.75) is 38.6 Å². The predicted molar refractivity (Wildman–Crippen MR) is 70.1 cm³/mol. The molecule has 1 aliphatic rings. The average Bonchev–Trinajstić information content (AvgIpc) is 2.38. The van der Waals surface area contributed by atoms with Gasteiger partial charge >= 0.3 is 0 Å². The van der Waals surface area contributed by atoms with Crippen LogP contribution in [0.1, 0.15) is 37.4 Å². The highest BCUT2D eigenvalue weighted by Gasteiger charge is 2.23. The number of hydrogen-bond acceptors (Lipinski definition) is 3. The Morgan fingerprint density at radius 2 is 2.00 bits per heavy atom. The smallest absolute Gasteiger partial charge is 0.266 e. The van der Waals surface area contributed by atoms with Gasteiger partial charge in [-0.2, -0.15) is 0 Å². The van der Waals surface area contributed by atoms with Crippen LogP contribution in [0.3, 0.4) is 0 Å². The normalized spacial score (nSPS) is 24.9. The lowest BCUT2D eigenvalue weighted by atomic mass is 10.0. The van der Waals surface area contributed by atoms with Crippen LogP contribution in [-0.4, -0.2) is 25.4 Å². The Labute approximate surface area is 116 Å². The number of alkyl halides is 2. The molecule has 2 rings (SSSR count). The largest absolute Gasteiger partial charge is 0.358 e. The van der Waals surface area contributed by atoms with Crippen molar-refractivity contribution < 1.29 is 17.9 Å². The minimum atomic E-state index is -2.81. The number of halogens is 3. The Morgan fingerprint density at radius 3 is 2.65 bits per heavy atom. The third-order valence-corrected chi connectivity index (χ3v) is 3.35. The van der Waals surface area contributed by atoms with Crippen molar-refractivity contribution in [3.8, 4) is 0 Å². The van der Waals surface area contributed by atoms with E-state index in [2.05, 4.69) is 10.6 Å². The minimum Gasteiger partial charge on any atom is -0.358 e. The van der Waals surface area contributed by atoms with E-state index in [-0.39, 0.29) is 17.9 Å². The molecule has 0 aromatic heterocycles. The molecule has 112 valence electrons. The van der Waals surface area contributed by atoms with Crippen LogP contribution in [0.2, 0.25) is 0 Å². The molecule has 3 atom stereocenters. The van der Waals surface area contributed by atoms with Crippen molar-refractivity contribution in [3.05, 3.63) is 35.1 Å². The van der Waals surface area contributed by atoms with E-state index in [9.17, 15) is 13.2 Å². The van der Waals surface area contributed by atoms with Gasteiger partial charge in [-0.15, -0.1) is 0 Å². The van der Waals surface area contributed by atoms with Crippen LogP contribution in [-0.2, 0) is 4.74 Å². The molecule has 3 unspecified atom stereocenters. The zero-order valence-electron chi connectivity index (χ0n) is 11.5. The molecule has 20 heavy (non-hydrogen) atoms. The van der Waals surface area contributed by atoms with Gasteiger partial charge in [-0.3, -0.25) is 5.32 Å². The summed E-state index contributed by atoms with van der Waals surface area (Å²) in [5.74, 6) is -0.848. The summed E-state index contributed by atoms with van der Waals surface area (Å²) in [6.07, 6.45) is -3.01. The minimum absolute atomic E-state index is 0.0608. The SMILES string of the molecule is CC1CNCC(NC(C)c2cccc(C(F)F)c2F)O1. The quantitative estimate of drug-likeness (QED) is 0.894. The number of ether oxygens (including phenoxy) is 1. The van der Waals surface area contributed by atoms with E-state index in [4.69, 9.17) is 4.74 Å². The molecule has 1 heterocycles. The van der Waals surface area contributed by atoms with Crippen molar-refractivity contribution in [1.82, 2.24) is 10.6 Å². The van der Waals surface area contributed by atoms with E-state index in [1.165, 1.54) is 12.1 Å². The summed E-state index contributed by atoms with van der Waals surface area (Å²) in [4.78, 5) is 0. The zero-order valence-corrected chi connectivity index (χ0v) is 11.5. The van der Waals surface area contributed by atoms with Crippen LogP contribution in [0.5, 0.6) is 0 Å². The Balaban J connectivity index is 2.09. The molecule has 0 radical (unpaired) electrons. The van der Waals surface area contributed by atoms with E-state index in [1.54, 1.807) is 6.92 Å². The second kappa shape index (κ2) is 6.56. The van der Waals surface area contributed by atoms with E-state index in [0.29, 0.717) is 6.54 Å². The maximum atomic E-state index is 14.0. The van der Waals surface area contributed by atoms with E-state index in [1.807, 2.05) is 6.92 Å². The maximum absolute atomic E-state index is 14.0. The molecule has 1 aromatic rings. The molecule has 0 aliphatic carbocycles. The second-order valence-corrected chi connectivity index (χ2v) is 5.03. The van der Waals surface area contributed by atoms with Gasteiger partial charge < -0.3 is 10.1 Å². The highest BCUT2D eigenvalue weighted by atomic mass is 19.3. The molecular formula is C14H19F3N2O. The van der Waals surface area contributed by atoms with Gasteiger partial charge in [0.2, 0.25) is 0 Å². The summed E-state index contributed by atoms with van der Waals surface area (Å²) >= 11 is 0. The molecule has 1 aromatic carbocycles. The number of rotatable bonds is 4. The first-order valence-corrected chi connectivity index (χ1v) is 6.67. The lowest BCUT2D eigenvalue weighted by molar-refractivity contribution is -0.0493. The summed E-state index contributed by atoms with van der Waals surface area (Å²) < 4.78 is 45.1. The summed E-state index contributed by atoms with van der Waals surface area (Å²) in [5.41, 5.74) is -0.336. The average molecular weight is 288 g/mol. The van der Waals surface area contributed by atoms with Crippen molar-refractivity contribution in [1.29, 1.82) is 0 Å². The fraction of sp³-hybridized carbons (Fsp3) is 0.571. The first-order valence-electron chi connectivity index (χ1n) is 6.67.